The van der Waals surface area contributed by atoms with E-state index in [0.717, 1.165) is 13.1 Å². The van der Waals surface area contributed by atoms with Crippen LogP contribution in [0.2, 0.25) is 0 Å². The van der Waals surface area contributed by atoms with Gasteiger partial charge in [-0.3, -0.25) is 4.79 Å². The van der Waals surface area contributed by atoms with Crippen molar-refractivity contribution in [3.63, 3.8) is 0 Å². The van der Waals surface area contributed by atoms with E-state index in [1.165, 1.54) is 12.3 Å². The number of carbonyl (C=O) groups is 1. The molecule has 1 saturated heterocycles. The second-order valence-electron chi connectivity index (χ2n) is 6.83. The van der Waals surface area contributed by atoms with Crippen molar-refractivity contribution in [1.29, 1.82) is 0 Å². The summed E-state index contributed by atoms with van der Waals surface area (Å²) in [5.74, 6) is -1.79. The molecule has 1 aliphatic rings. The van der Waals surface area contributed by atoms with Gasteiger partial charge < -0.3 is 24.5 Å². The molecule has 165 valence electrons. The van der Waals surface area contributed by atoms with Gasteiger partial charge in [0.1, 0.15) is 11.4 Å². The summed E-state index contributed by atoms with van der Waals surface area (Å²) in [5.41, 5.74) is 0.0326. The molecule has 2 N–H and O–H groups in total. The largest absolute Gasteiger partial charge is 0.477 e. The van der Waals surface area contributed by atoms with Crippen LogP contribution in [0.4, 0.5) is 10.1 Å². The molecule has 1 radical (unpaired) electrons. The van der Waals surface area contributed by atoms with Crippen LogP contribution < -0.4 is 10.3 Å². The second kappa shape index (κ2) is 10.5. The number of hydrogen-bond donors (Lipinski definition) is 2. The predicted molar refractivity (Wildman–Crippen MR) is 109 cm³/mol. The van der Waals surface area contributed by atoms with Crippen LogP contribution in [-0.4, -0.2) is 63.7 Å². The van der Waals surface area contributed by atoms with Crippen LogP contribution in [-0.2, 0) is 28.9 Å². The van der Waals surface area contributed by atoms with Crippen molar-refractivity contribution in [2.75, 3.05) is 38.1 Å². The van der Waals surface area contributed by atoms with Crippen molar-refractivity contribution >= 4 is 22.6 Å². The van der Waals surface area contributed by atoms with Gasteiger partial charge in [0, 0.05) is 79.1 Å². The molecule has 8 nitrogen and oxygen atoms in total. The minimum absolute atomic E-state index is 0. The minimum Gasteiger partial charge on any atom is -0.477 e. The van der Waals surface area contributed by atoms with Gasteiger partial charge in [0.05, 0.1) is 17.5 Å². The molecule has 3 aromatic rings. The fourth-order valence-electron chi connectivity index (χ4n) is 3.32. The quantitative estimate of drug-likeness (QED) is 0.525. The number of rotatable bonds is 3. The number of carboxylic acids is 1. The zero-order valence-electron chi connectivity index (χ0n) is 16.7. The van der Waals surface area contributed by atoms with Gasteiger partial charge in [-0.1, -0.05) is 0 Å². The molecule has 1 aromatic carbocycles. The minimum atomic E-state index is -1.30. The summed E-state index contributed by atoms with van der Waals surface area (Å²) in [6.07, 6.45) is 6.42. The van der Waals surface area contributed by atoms with E-state index < -0.39 is 17.2 Å². The van der Waals surface area contributed by atoms with Gasteiger partial charge >= 0.3 is 5.97 Å². The number of anilines is 1. The zero-order chi connectivity index (χ0) is 21.0. The van der Waals surface area contributed by atoms with E-state index in [1.807, 2.05) is 18.9 Å². The molecule has 3 heterocycles. The van der Waals surface area contributed by atoms with Gasteiger partial charge in [0.25, 0.3) is 0 Å². The van der Waals surface area contributed by atoms with Crippen molar-refractivity contribution in [3.05, 3.63) is 58.7 Å². The summed E-state index contributed by atoms with van der Waals surface area (Å²) >= 11 is 0. The first-order chi connectivity index (χ1) is 13.9. The Labute approximate surface area is 188 Å². The molecule has 0 amide bonds. The zero-order valence-corrected chi connectivity index (χ0v) is 18.2. The molecule has 1 fully saturated rings. The number of hydrogen-bond acceptors (Lipinski definition) is 5. The Kier molecular flexibility index (Phi) is 8.36. The molecule has 4 rings (SSSR count). The monoisotopic (exact) mass is 508 g/mol. The number of aromatic amines is 1. The van der Waals surface area contributed by atoms with Crippen LogP contribution in [0, 0.1) is 5.82 Å². The Morgan fingerprint density at radius 3 is 2.47 bits per heavy atom. The van der Waals surface area contributed by atoms with Gasteiger partial charge in [-0.2, -0.15) is 0 Å². The first-order valence-corrected chi connectivity index (χ1v) is 9.38. The number of aryl methyl sites for hydroxylation is 1. The molecule has 0 bridgehead atoms. The molecule has 0 saturated carbocycles. The van der Waals surface area contributed by atoms with Gasteiger partial charge in [-0.25, -0.2) is 14.2 Å². The Bertz CT molecular complexity index is 1030. The third kappa shape index (κ3) is 5.17. The maximum atomic E-state index is 14.6. The van der Waals surface area contributed by atoms with E-state index in [4.69, 9.17) is 0 Å². The van der Waals surface area contributed by atoms with E-state index >= 15 is 0 Å². The molecule has 0 spiro atoms. The van der Waals surface area contributed by atoms with E-state index in [1.54, 1.807) is 29.4 Å². The summed E-state index contributed by atoms with van der Waals surface area (Å²) in [4.78, 5) is 34.1. The number of carboxylic acid groups (broad SMARTS) is 1. The number of H-pyrrole nitrogens is 1. The average Bonchev–Trinajstić information content (AvgIpc) is 3.29. The molecular weight excluding hydrogens is 485 g/mol. The molecule has 0 atom stereocenters. The van der Waals surface area contributed by atoms with Crippen molar-refractivity contribution in [3.8, 4) is 0 Å². The molecule has 2 aromatic heterocycles. The first kappa shape index (κ1) is 23.8. The maximum Gasteiger partial charge on any atom is 0.341 e. The molecular formula is C20H24AgFN5O3. The van der Waals surface area contributed by atoms with E-state index in [9.17, 15) is 19.1 Å². The standard InChI is InChI=1S/C17H20FN3O3.C3H4N2.Ag/c1-3-20-10-12(17(23)24)16(22)11-8-13(18)15(9-14(11)20)21-6-4-19(2)5-7-21;1-2-5-3-4-1;/h8-10H,3-7H2,1-2H3,(H,23,24);1-3H,(H,4,5);. The van der Waals surface area contributed by atoms with Gasteiger partial charge in [-0.15, -0.1) is 0 Å². The molecule has 0 aliphatic carbocycles. The third-order valence-electron chi connectivity index (χ3n) is 4.97. The smallest absolute Gasteiger partial charge is 0.341 e. The number of imidazole rings is 1. The van der Waals surface area contributed by atoms with Crippen molar-refractivity contribution in [1.82, 2.24) is 19.4 Å². The molecule has 0 unspecified atom stereocenters. The molecule has 30 heavy (non-hydrogen) atoms. The summed E-state index contributed by atoms with van der Waals surface area (Å²) in [6, 6.07) is 2.83. The summed E-state index contributed by atoms with van der Waals surface area (Å²) in [5, 5.41) is 9.28. The summed E-state index contributed by atoms with van der Waals surface area (Å²) in [6.45, 7) is 5.45. The number of fused-ring (bicyclic) bond motifs is 1. The number of aromatic nitrogens is 3. The third-order valence-corrected chi connectivity index (χ3v) is 4.97. The van der Waals surface area contributed by atoms with Gasteiger partial charge in [-0.05, 0) is 26.1 Å². The normalized spacial score (nSPS) is 14.0. The van der Waals surface area contributed by atoms with E-state index in [-0.39, 0.29) is 33.3 Å². The van der Waals surface area contributed by atoms with Crippen LogP contribution in [0.3, 0.4) is 0 Å². The van der Waals surface area contributed by atoms with Gasteiger partial charge in [0.15, 0.2) is 0 Å². The number of pyridine rings is 1. The van der Waals surface area contributed by atoms with Crippen LogP contribution in [0.15, 0.2) is 41.8 Å². The number of nitrogens with zero attached hydrogens (tertiary/aromatic N) is 4. The van der Waals surface area contributed by atoms with Crippen LogP contribution in [0.1, 0.15) is 17.3 Å². The number of piperazine rings is 1. The Hall–Kier alpha value is -2.46. The number of benzene rings is 1. The summed E-state index contributed by atoms with van der Waals surface area (Å²) < 4.78 is 16.3. The fraction of sp³-hybridized carbons (Fsp3) is 0.350. The van der Waals surface area contributed by atoms with Crippen LogP contribution >= 0.6 is 0 Å². The number of likely N-dealkylation sites (N-methyl/N-ethyl adjacent to an activating group) is 1. The SMILES string of the molecule is CCn1cc(C(=O)O)c(=O)c2cc(F)c(N3CCN(C)CC3)cc21.[Ag].c1c[nH]cn1. The second-order valence-corrected chi connectivity index (χ2v) is 6.83. The Morgan fingerprint density at radius 2 is 1.97 bits per heavy atom. The van der Waals surface area contributed by atoms with Gasteiger partial charge in [0.2, 0.25) is 5.43 Å². The number of nitrogens with one attached hydrogen (secondary N) is 1. The topological polar surface area (TPSA) is 94.5 Å². The fourth-order valence-corrected chi connectivity index (χ4v) is 3.32. The number of aromatic carboxylic acids is 1. The Balaban J connectivity index is 0.000000468. The Morgan fingerprint density at radius 1 is 1.27 bits per heavy atom. The first-order valence-electron chi connectivity index (χ1n) is 9.38. The predicted octanol–water partition coefficient (Wildman–Crippen LogP) is 2.02. The summed E-state index contributed by atoms with van der Waals surface area (Å²) in [7, 11) is 2.02. The van der Waals surface area contributed by atoms with E-state index in [2.05, 4.69) is 14.9 Å². The average molecular weight is 509 g/mol. The maximum absolute atomic E-state index is 14.6. The van der Waals surface area contributed by atoms with Crippen LogP contribution in [0.25, 0.3) is 10.9 Å². The molecule has 10 heteroatoms. The van der Waals surface area contributed by atoms with Crippen molar-refractivity contribution < 1.29 is 36.7 Å². The molecule has 1 aliphatic heterocycles. The van der Waals surface area contributed by atoms with Crippen molar-refractivity contribution in [2.24, 2.45) is 0 Å². The van der Waals surface area contributed by atoms with Crippen LogP contribution in [0.5, 0.6) is 0 Å². The van der Waals surface area contributed by atoms with Crippen molar-refractivity contribution in [2.45, 2.75) is 13.5 Å². The van der Waals surface area contributed by atoms with E-state index in [0.29, 0.717) is 30.8 Å². The number of halogens is 1.